The smallest absolute Gasteiger partial charge is 0.549 e. The maximum Gasteiger partial charge on any atom is 1.00 e. The number of nitriles is 3. The summed E-state index contributed by atoms with van der Waals surface area (Å²) in [4.78, 5) is 27.8. The van der Waals surface area contributed by atoms with Gasteiger partial charge in [-0.05, 0) is 0 Å². The van der Waals surface area contributed by atoms with Crippen molar-refractivity contribution in [2.75, 3.05) is 0 Å². The summed E-state index contributed by atoms with van der Waals surface area (Å²) in [5.74, 6) is -3.97. The van der Waals surface area contributed by atoms with E-state index in [-0.39, 0.29) is 88.7 Å². The zero-order chi connectivity index (χ0) is 15.0. The third kappa shape index (κ3) is 80.6. The Balaban J connectivity index is -0.0000000375. The number of hydrogen-bond acceptors (Lipinski definition) is 9. The molecule has 0 aromatic heterocycles. The molecule has 96 valence electrons. The minimum atomic E-state index is -1.32. The molecule has 21 heavy (non-hydrogen) atoms. The van der Waals surface area contributed by atoms with Crippen LogP contribution in [-0.4, -0.2) is 17.9 Å². The molecule has 9 nitrogen and oxygen atoms in total. The monoisotopic (exact) mass is 321 g/mol. The zero-order valence-corrected chi connectivity index (χ0v) is 17.9. The first-order valence-corrected chi connectivity index (χ1v) is 4.02. The summed E-state index contributed by atoms with van der Waals surface area (Å²) < 4.78 is 0. The fourth-order valence-corrected chi connectivity index (χ4v) is 0.194. The summed E-state index contributed by atoms with van der Waals surface area (Å²) in [5.41, 5.74) is 0. The second-order valence-corrected chi connectivity index (χ2v) is 2.12. The van der Waals surface area contributed by atoms with Crippen molar-refractivity contribution >= 4 is 17.9 Å². The Morgan fingerprint density at radius 1 is 0.619 bits per heavy atom. The minimum absolute atomic E-state index is 0. The third-order valence-electron chi connectivity index (χ3n) is 0.670. The molecular weight excluding hydrogens is 315 g/mol. The summed E-state index contributed by atoms with van der Waals surface area (Å²) in [6.07, 6.45) is -1.54. The standard InChI is InChI=1S/3C3H3NO2.3Na/c3*4-2-1-3(5)6;;;/h3*1H2,(H,5,6);;;/q;;;3*+1/p-3. The van der Waals surface area contributed by atoms with Crippen LogP contribution in [0, 0.1) is 34.0 Å². The van der Waals surface area contributed by atoms with Gasteiger partial charge in [-0.3, -0.25) is 0 Å². The van der Waals surface area contributed by atoms with Crippen LogP contribution in [0.5, 0.6) is 0 Å². The molecule has 0 spiro atoms. The fraction of sp³-hybridized carbons (Fsp3) is 0.333. The molecule has 0 aliphatic rings. The second kappa shape index (κ2) is 32.0. The molecule has 0 aromatic carbocycles. The number of carboxylic acid groups (broad SMARTS) is 3. The average Bonchev–Trinajstić information content (AvgIpc) is 2.18. The maximum atomic E-state index is 9.27. The summed E-state index contributed by atoms with van der Waals surface area (Å²) in [6, 6.07) is 4.22. The van der Waals surface area contributed by atoms with Crippen LogP contribution in [0.1, 0.15) is 19.3 Å². The van der Waals surface area contributed by atoms with E-state index < -0.39 is 37.2 Å². The van der Waals surface area contributed by atoms with Gasteiger partial charge >= 0.3 is 88.7 Å². The molecule has 0 heterocycles. The van der Waals surface area contributed by atoms with Crippen molar-refractivity contribution in [2.45, 2.75) is 19.3 Å². The van der Waals surface area contributed by atoms with Gasteiger partial charge in [-0.15, -0.1) is 0 Å². The van der Waals surface area contributed by atoms with E-state index in [1.165, 1.54) is 18.2 Å². The van der Waals surface area contributed by atoms with Gasteiger partial charge in [0.1, 0.15) is 0 Å². The molecule has 0 amide bonds. The molecule has 0 rings (SSSR count). The first-order valence-electron chi connectivity index (χ1n) is 4.02. The molecular formula is C9H6N3Na3O6. The Morgan fingerprint density at radius 3 is 0.762 bits per heavy atom. The van der Waals surface area contributed by atoms with E-state index in [4.69, 9.17) is 15.8 Å². The molecule has 0 saturated heterocycles. The summed E-state index contributed by atoms with van der Waals surface area (Å²) >= 11 is 0. The van der Waals surface area contributed by atoms with Crippen LogP contribution in [0.4, 0.5) is 0 Å². The predicted molar refractivity (Wildman–Crippen MR) is 45.7 cm³/mol. The number of nitrogens with zero attached hydrogens (tertiary/aromatic N) is 3. The van der Waals surface area contributed by atoms with E-state index >= 15 is 0 Å². The van der Waals surface area contributed by atoms with Crippen LogP contribution in [0.2, 0.25) is 0 Å². The van der Waals surface area contributed by atoms with Gasteiger partial charge in [0, 0.05) is 0 Å². The first kappa shape index (κ1) is 37.3. The average molecular weight is 321 g/mol. The molecule has 0 atom stereocenters. The first-order chi connectivity index (χ1) is 8.31. The van der Waals surface area contributed by atoms with E-state index in [1.54, 1.807) is 0 Å². The number of hydrogen-bond donors (Lipinski definition) is 0. The SMILES string of the molecule is N#CCC(=O)[O-].N#CCC(=O)[O-].N#CCC(=O)[O-].[Na+].[Na+].[Na+]. The van der Waals surface area contributed by atoms with E-state index in [1.807, 2.05) is 0 Å². The maximum absolute atomic E-state index is 9.27. The van der Waals surface area contributed by atoms with Crippen LogP contribution in [0.3, 0.4) is 0 Å². The predicted octanol–water partition coefficient (Wildman–Crippen LogP) is -13.0. The van der Waals surface area contributed by atoms with Crippen LogP contribution in [-0.2, 0) is 14.4 Å². The van der Waals surface area contributed by atoms with E-state index in [0.29, 0.717) is 0 Å². The van der Waals surface area contributed by atoms with E-state index in [2.05, 4.69) is 0 Å². The molecule has 0 bridgehead atoms. The van der Waals surface area contributed by atoms with Crippen LogP contribution >= 0.6 is 0 Å². The second-order valence-electron chi connectivity index (χ2n) is 2.12. The quantitative estimate of drug-likeness (QED) is 0.454. The molecule has 0 aliphatic carbocycles. The van der Waals surface area contributed by atoms with Crippen molar-refractivity contribution in [2.24, 2.45) is 0 Å². The van der Waals surface area contributed by atoms with Gasteiger partial charge < -0.3 is 29.7 Å². The largest absolute Gasteiger partial charge is 1.00 e. The summed E-state index contributed by atoms with van der Waals surface area (Å²) in [5, 5.41) is 50.5. The molecule has 0 aromatic rings. The van der Waals surface area contributed by atoms with E-state index in [9.17, 15) is 29.7 Å². The topological polar surface area (TPSA) is 192 Å². The van der Waals surface area contributed by atoms with Gasteiger partial charge in [0.05, 0.1) is 55.4 Å². The van der Waals surface area contributed by atoms with Gasteiger partial charge in [0.25, 0.3) is 0 Å². The molecule has 0 saturated carbocycles. The van der Waals surface area contributed by atoms with Crippen LogP contribution < -0.4 is 104 Å². The molecule has 0 aliphatic heterocycles. The van der Waals surface area contributed by atoms with Crippen LogP contribution in [0.15, 0.2) is 0 Å². The number of carboxylic acids is 3. The number of aliphatic carboxylic acids is 3. The Bertz CT molecular complexity index is 349. The van der Waals surface area contributed by atoms with E-state index in [0.717, 1.165) is 0 Å². The van der Waals surface area contributed by atoms with Gasteiger partial charge in [-0.1, -0.05) is 0 Å². The third-order valence-corrected chi connectivity index (χ3v) is 0.670. The number of carbonyl (C=O) groups is 3. The Labute approximate surface area is 187 Å². The summed E-state index contributed by atoms with van der Waals surface area (Å²) in [7, 11) is 0. The molecule has 12 heteroatoms. The fourth-order valence-electron chi connectivity index (χ4n) is 0.194. The van der Waals surface area contributed by atoms with Gasteiger partial charge in [-0.2, -0.15) is 15.8 Å². The van der Waals surface area contributed by atoms with Crippen molar-refractivity contribution in [3.8, 4) is 18.2 Å². The van der Waals surface area contributed by atoms with Crippen molar-refractivity contribution < 1.29 is 118 Å². The van der Waals surface area contributed by atoms with Crippen molar-refractivity contribution in [3.05, 3.63) is 0 Å². The Morgan fingerprint density at radius 2 is 0.762 bits per heavy atom. The van der Waals surface area contributed by atoms with Crippen molar-refractivity contribution in [1.29, 1.82) is 15.8 Å². The van der Waals surface area contributed by atoms with Crippen molar-refractivity contribution in [1.82, 2.24) is 0 Å². The van der Waals surface area contributed by atoms with Gasteiger partial charge in [-0.25, -0.2) is 0 Å². The molecule has 0 N–H and O–H groups in total. The zero-order valence-electron chi connectivity index (χ0n) is 11.9. The minimum Gasteiger partial charge on any atom is -0.549 e. The normalized spacial score (nSPS) is 5.57. The van der Waals surface area contributed by atoms with Crippen molar-refractivity contribution in [3.63, 3.8) is 0 Å². The Hall–Kier alpha value is -0.120. The van der Waals surface area contributed by atoms with Gasteiger partial charge in [0.15, 0.2) is 0 Å². The van der Waals surface area contributed by atoms with Gasteiger partial charge in [0.2, 0.25) is 0 Å². The molecule has 0 unspecified atom stereocenters. The molecule has 0 radical (unpaired) electrons. The number of carbonyl (C=O) groups excluding carboxylic acids is 3. The Kier molecular flexibility index (Phi) is 56.8. The van der Waals surface area contributed by atoms with Crippen LogP contribution in [0.25, 0.3) is 0 Å². The molecule has 0 fully saturated rings. The number of rotatable bonds is 3. The summed E-state index contributed by atoms with van der Waals surface area (Å²) in [6.45, 7) is 0.